The average molecular weight is 162 g/mol. The zero-order valence-electron chi connectivity index (χ0n) is 7.11. The molecule has 1 heterocycles. The number of imidazole rings is 1. The van der Waals surface area contributed by atoms with Gasteiger partial charge >= 0.3 is 0 Å². The highest BCUT2D eigenvalue weighted by atomic mass is 16.5. The fraction of sp³-hybridized carbons (Fsp3) is 0.222. The lowest BCUT2D eigenvalue weighted by molar-refractivity contribution is 0.415. The quantitative estimate of drug-likeness (QED) is 0.636. The summed E-state index contributed by atoms with van der Waals surface area (Å²) in [5, 5.41) is 0. The number of fused-ring (bicyclic) bond motifs is 1. The normalized spacial score (nSPS) is 10.5. The minimum absolute atomic E-state index is 0.848. The summed E-state index contributed by atoms with van der Waals surface area (Å²) >= 11 is 0. The molecule has 0 aliphatic heterocycles. The fourth-order valence-electron chi connectivity index (χ4n) is 1.24. The molecule has 12 heavy (non-hydrogen) atoms. The molecular formula is C9H10N2O. The zero-order chi connectivity index (χ0) is 8.55. The summed E-state index contributed by atoms with van der Waals surface area (Å²) in [5.74, 6) is 0.848. The molecular weight excluding hydrogens is 152 g/mol. The lowest BCUT2D eigenvalue weighted by Gasteiger charge is -1.98. The molecule has 0 aliphatic carbocycles. The molecule has 0 saturated heterocycles. The molecule has 2 aromatic rings. The molecule has 0 saturated carbocycles. The SMILES string of the molecule is COc1ccc2c(c1)ncn2C. The van der Waals surface area contributed by atoms with Gasteiger partial charge in [0.05, 0.1) is 24.5 Å². The van der Waals surface area contributed by atoms with Gasteiger partial charge < -0.3 is 9.30 Å². The molecule has 0 spiro atoms. The Morgan fingerprint density at radius 2 is 2.25 bits per heavy atom. The van der Waals surface area contributed by atoms with Crippen LogP contribution in [-0.4, -0.2) is 16.7 Å². The molecule has 0 bridgehead atoms. The minimum Gasteiger partial charge on any atom is -0.497 e. The Morgan fingerprint density at radius 3 is 3.00 bits per heavy atom. The third kappa shape index (κ3) is 0.942. The van der Waals surface area contributed by atoms with Crippen LogP contribution in [0.2, 0.25) is 0 Å². The van der Waals surface area contributed by atoms with Crippen LogP contribution in [0.4, 0.5) is 0 Å². The van der Waals surface area contributed by atoms with E-state index in [1.807, 2.05) is 29.8 Å². The predicted octanol–water partition coefficient (Wildman–Crippen LogP) is 1.58. The Balaban J connectivity index is 2.69. The molecule has 0 amide bonds. The maximum atomic E-state index is 5.08. The maximum Gasteiger partial charge on any atom is 0.121 e. The lowest BCUT2D eigenvalue weighted by atomic mass is 10.3. The van der Waals surface area contributed by atoms with E-state index >= 15 is 0 Å². The van der Waals surface area contributed by atoms with E-state index < -0.39 is 0 Å². The Morgan fingerprint density at radius 1 is 1.42 bits per heavy atom. The molecule has 3 heteroatoms. The van der Waals surface area contributed by atoms with Crippen molar-refractivity contribution in [3.8, 4) is 5.75 Å². The van der Waals surface area contributed by atoms with E-state index in [2.05, 4.69) is 4.98 Å². The van der Waals surface area contributed by atoms with Gasteiger partial charge in [0.15, 0.2) is 0 Å². The molecule has 0 radical (unpaired) electrons. The minimum atomic E-state index is 0.848. The molecule has 1 aromatic carbocycles. The summed E-state index contributed by atoms with van der Waals surface area (Å²) in [6, 6.07) is 5.86. The number of aryl methyl sites for hydroxylation is 1. The molecule has 1 aromatic heterocycles. The van der Waals surface area contributed by atoms with E-state index in [-0.39, 0.29) is 0 Å². The summed E-state index contributed by atoms with van der Waals surface area (Å²) in [4.78, 5) is 4.21. The summed E-state index contributed by atoms with van der Waals surface area (Å²) in [6.45, 7) is 0. The zero-order valence-corrected chi connectivity index (χ0v) is 7.11. The van der Waals surface area contributed by atoms with E-state index in [1.165, 1.54) is 0 Å². The van der Waals surface area contributed by atoms with E-state index in [0.29, 0.717) is 0 Å². The molecule has 2 rings (SSSR count). The Labute approximate surface area is 70.6 Å². The molecule has 3 nitrogen and oxygen atoms in total. The van der Waals surface area contributed by atoms with Crippen molar-refractivity contribution in [2.75, 3.05) is 7.11 Å². The van der Waals surface area contributed by atoms with Crippen LogP contribution >= 0.6 is 0 Å². The maximum absolute atomic E-state index is 5.08. The van der Waals surface area contributed by atoms with Crippen LogP contribution in [0.5, 0.6) is 5.75 Å². The molecule has 0 aliphatic rings. The van der Waals surface area contributed by atoms with Gasteiger partial charge in [-0.1, -0.05) is 0 Å². The number of methoxy groups -OCH3 is 1. The van der Waals surface area contributed by atoms with Crippen molar-refractivity contribution in [1.29, 1.82) is 0 Å². The van der Waals surface area contributed by atoms with Crippen LogP contribution in [-0.2, 0) is 7.05 Å². The fourth-order valence-corrected chi connectivity index (χ4v) is 1.24. The van der Waals surface area contributed by atoms with Crippen molar-refractivity contribution in [1.82, 2.24) is 9.55 Å². The van der Waals surface area contributed by atoms with Gasteiger partial charge in [-0.05, 0) is 12.1 Å². The van der Waals surface area contributed by atoms with Gasteiger partial charge in [-0.15, -0.1) is 0 Å². The highest BCUT2D eigenvalue weighted by Gasteiger charge is 1.99. The number of nitrogens with zero attached hydrogens (tertiary/aromatic N) is 2. The van der Waals surface area contributed by atoms with E-state index in [4.69, 9.17) is 4.74 Å². The summed E-state index contributed by atoms with van der Waals surface area (Å²) < 4.78 is 7.06. The first kappa shape index (κ1) is 7.16. The Bertz CT molecular complexity index is 406. The summed E-state index contributed by atoms with van der Waals surface area (Å²) in [7, 11) is 3.63. The van der Waals surface area contributed by atoms with Crippen LogP contribution < -0.4 is 4.74 Å². The van der Waals surface area contributed by atoms with Crippen molar-refractivity contribution in [2.24, 2.45) is 7.05 Å². The third-order valence-electron chi connectivity index (χ3n) is 1.93. The van der Waals surface area contributed by atoms with Crippen LogP contribution in [0, 0.1) is 0 Å². The first-order valence-corrected chi connectivity index (χ1v) is 3.76. The summed E-state index contributed by atoms with van der Waals surface area (Å²) in [6.07, 6.45) is 1.80. The van der Waals surface area contributed by atoms with Crippen molar-refractivity contribution < 1.29 is 4.74 Å². The predicted molar refractivity (Wildman–Crippen MR) is 47.3 cm³/mol. The smallest absolute Gasteiger partial charge is 0.121 e. The highest BCUT2D eigenvalue weighted by molar-refractivity contribution is 5.76. The first-order valence-electron chi connectivity index (χ1n) is 3.76. The van der Waals surface area contributed by atoms with Gasteiger partial charge in [-0.25, -0.2) is 4.98 Å². The molecule has 0 atom stereocenters. The number of rotatable bonds is 1. The van der Waals surface area contributed by atoms with Gasteiger partial charge in [0.2, 0.25) is 0 Å². The van der Waals surface area contributed by atoms with Gasteiger partial charge in [0.25, 0.3) is 0 Å². The van der Waals surface area contributed by atoms with Crippen molar-refractivity contribution >= 4 is 11.0 Å². The van der Waals surface area contributed by atoms with Crippen LogP contribution in [0.25, 0.3) is 11.0 Å². The van der Waals surface area contributed by atoms with Crippen LogP contribution in [0.1, 0.15) is 0 Å². The monoisotopic (exact) mass is 162 g/mol. The van der Waals surface area contributed by atoms with E-state index in [0.717, 1.165) is 16.8 Å². The van der Waals surface area contributed by atoms with Crippen molar-refractivity contribution in [3.05, 3.63) is 24.5 Å². The van der Waals surface area contributed by atoms with E-state index in [9.17, 15) is 0 Å². The Hall–Kier alpha value is -1.51. The number of aromatic nitrogens is 2. The standard InChI is InChI=1S/C9H10N2O/c1-11-6-10-8-5-7(12-2)3-4-9(8)11/h3-6H,1-2H3. The molecule has 0 N–H and O–H groups in total. The molecule has 0 fully saturated rings. The topological polar surface area (TPSA) is 27.1 Å². The number of hydrogen-bond donors (Lipinski definition) is 0. The van der Waals surface area contributed by atoms with Crippen molar-refractivity contribution in [2.45, 2.75) is 0 Å². The van der Waals surface area contributed by atoms with E-state index in [1.54, 1.807) is 13.4 Å². The number of benzene rings is 1. The second-order valence-corrected chi connectivity index (χ2v) is 2.71. The number of ether oxygens (including phenoxy) is 1. The number of hydrogen-bond acceptors (Lipinski definition) is 2. The van der Waals surface area contributed by atoms with Crippen molar-refractivity contribution in [3.63, 3.8) is 0 Å². The molecule has 62 valence electrons. The van der Waals surface area contributed by atoms with Gasteiger partial charge in [0, 0.05) is 13.1 Å². The van der Waals surface area contributed by atoms with Crippen LogP contribution in [0.15, 0.2) is 24.5 Å². The largest absolute Gasteiger partial charge is 0.497 e. The second kappa shape index (κ2) is 2.52. The third-order valence-corrected chi connectivity index (χ3v) is 1.93. The van der Waals surface area contributed by atoms with Crippen LogP contribution in [0.3, 0.4) is 0 Å². The Kier molecular flexibility index (Phi) is 1.50. The highest BCUT2D eigenvalue weighted by Crippen LogP contribution is 2.18. The summed E-state index contributed by atoms with van der Waals surface area (Å²) in [5.41, 5.74) is 2.09. The van der Waals surface area contributed by atoms with Gasteiger partial charge in [-0.3, -0.25) is 0 Å². The van der Waals surface area contributed by atoms with Gasteiger partial charge in [-0.2, -0.15) is 0 Å². The lowest BCUT2D eigenvalue weighted by Crippen LogP contribution is -1.84. The second-order valence-electron chi connectivity index (χ2n) is 2.71. The van der Waals surface area contributed by atoms with Gasteiger partial charge in [0.1, 0.15) is 5.75 Å². The molecule has 0 unspecified atom stereocenters. The first-order chi connectivity index (χ1) is 5.81. The average Bonchev–Trinajstić information content (AvgIpc) is 2.47.